The summed E-state index contributed by atoms with van der Waals surface area (Å²) in [5.41, 5.74) is 1.30. The molecule has 2 saturated heterocycles. The van der Waals surface area contributed by atoms with Crippen LogP contribution in [0, 0.1) is 0 Å². The number of tetrazole rings is 1. The number of fused-ring (bicyclic) bond motifs is 2. The Hall–Kier alpha value is -1.79. The van der Waals surface area contributed by atoms with E-state index in [1.165, 1.54) is 12.0 Å². The second-order valence-electron chi connectivity index (χ2n) is 8.05. The van der Waals surface area contributed by atoms with Gasteiger partial charge in [0, 0.05) is 31.7 Å². The molecule has 2 aliphatic heterocycles. The fourth-order valence-corrected chi connectivity index (χ4v) is 3.81. The van der Waals surface area contributed by atoms with Gasteiger partial charge in [0.1, 0.15) is 0 Å². The zero-order chi connectivity index (χ0) is 16.7. The van der Waals surface area contributed by atoms with Gasteiger partial charge in [0.25, 0.3) is 0 Å². The highest BCUT2D eigenvalue weighted by Crippen LogP contribution is 2.32. The number of benzene rings is 1. The van der Waals surface area contributed by atoms with E-state index in [1.807, 2.05) is 0 Å². The Morgan fingerprint density at radius 3 is 2.25 bits per heavy atom. The van der Waals surface area contributed by atoms with Crippen molar-refractivity contribution in [2.45, 2.75) is 57.9 Å². The molecule has 4 rings (SSSR count). The molecule has 0 amide bonds. The highest BCUT2D eigenvalue weighted by molar-refractivity contribution is 5.15. The third-order valence-corrected chi connectivity index (χ3v) is 5.10. The number of aromatic nitrogens is 4. The number of nitrogens with zero attached hydrogens (tertiary/aromatic N) is 6. The van der Waals surface area contributed by atoms with Crippen LogP contribution in [0.4, 0.5) is 0 Å². The van der Waals surface area contributed by atoms with E-state index in [9.17, 15) is 0 Å². The van der Waals surface area contributed by atoms with Crippen LogP contribution in [0.1, 0.15) is 38.6 Å². The molecule has 6 heteroatoms. The zero-order valence-electron chi connectivity index (χ0n) is 14.8. The van der Waals surface area contributed by atoms with Gasteiger partial charge in [0.05, 0.1) is 12.1 Å². The Kier molecular flexibility index (Phi) is 3.89. The van der Waals surface area contributed by atoms with Gasteiger partial charge in [-0.3, -0.25) is 9.80 Å². The minimum absolute atomic E-state index is 0.109. The molecular weight excluding hydrogens is 300 g/mol. The van der Waals surface area contributed by atoms with Crippen molar-refractivity contribution in [3.8, 4) is 0 Å². The summed E-state index contributed by atoms with van der Waals surface area (Å²) in [5.74, 6) is 0.840. The third-order valence-electron chi connectivity index (χ3n) is 5.10. The minimum atomic E-state index is -0.109. The first kappa shape index (κ1) is 15.7. The maximum atomic E-state index is 4.55. The molecule has 0 saturated carbocycles. The van der Waals surface area contributed by atoms with E-state index in [1.54, 1.807) is 4.80 Å². The summed E-state index contributed by atoms with van der Waals surface area (Å²) >= 11 is 0. The Bertz CT molecular complexity index is 689. The highest BCUT2D eigenvalue weighted by Gasteiger charge is 2.43. The Labute approximate surface area is 143 Å². The first-order valence-corrected chi connectivity index (χ1v) is 8.80. The summed E-state index contributed by atoms with van der Waals surface area (Å²) in [6.07, 6.45) is 1.26. The quantitative estimate of drug-likeness (QED) is 0.859. The number of rotatable bonds is 4. The molecule has 3 heterocycles. The SMILES string of the molecule is CC(C)(C)n1nnc(CN2C[C@@H]3C[C@H]2CN3Cc2ccccc2)n1. The number of hydrogen-bond donors (Lipinski definition) is 0. The van der Waals surface area contributed by atoms with Crippen molar-refractivity contribution in [1.82, 2.24) is 30.0 Å². The summed E-state index contributed by atoms with van der Waals surface area (Å²) in [5, 5.41) is 13.0. The van der Waals surface area contributed by atoms with Crippen LogP contribution in [-0.4, -0.2) is 55.2 Å². The van der Waals surface area contributed by atoms with Crippen molar-refractivity contribution < 1.29 is 0 Å². The average molecular weight is 326 g/mol. The second-order valence-corrected chi connectivity index (χ2v) is 8.05. The van der Waals surface area contributed by atoms with E-state index in [4.69, 9.17) is 0 Å². The molecule has 1 aromatic heterocycles. The van der Waals surface area contributed by atoms with Crippen molar-refractivity contribution in [1.29, 1.82) is 0 Å². The van der Waals surface area contributed by atoms with Crippen LogP contribution in [0.15, 0.2) is 30.3 Å². The zero-order valence-corrected chi connectivity index (χ0v) is 14.8. The molecule has 2 atom stereocenters. The molecule has 2 fully saturated rings. The predicted octanol–water partition coefficient (Wildman–Crippen LogP) is 1.89. The smallest absolute Gasteiger partial charge is 0.188 e. The van der Waals surface area contributed by atoms with Gasteiger partial charge >= 0.3 is 0 Å². The Balaban J connectivity index is 1.36. The van der Waals surface area contributed by atoms with Crippen LogP contribution in [0.25, 0.3) is 0 Å². The van der Waals surface area contributed by atoms with Gasteiger partial charge in [-0.15, -0.1) is 10.2 Å². The van der Waals surface area contributed by atoms with Crippen LogP contribution < -0.4 is 0 Å². The van der Waals surface area contributed by atoms with Gasteiger partial charge < -0.3 is 0 Å². The van der Waals surface area contributed by atoms with Crippen LogP contribution in [0.5, 0.6) is 0 Å². The summed E-state index contributed by atoms with van der Waals surface area (Å²) in [6, 6.07) is 12.1. The van der Waals surface area contributed by atoms with E-state index < -0.39 is 0 Å². The summed E-state index contributed by atoms with van der Waals surface area (Å²) in [6.45, 7) is 10.4. The Morgan fingerprint density at radius 1 is 1.00 bits per heavy atom. The lowest BCUT2D eigenvalue weighted by Crippen LogP contribution is -2.45. The van der Waals surface area contributed by atoms with Gasteiger partial charge in [-0.1, -0.05) is 30.3 Å². The van der Waals surface area contributed by atoms with Gasteiger partial charge in [-0.2, -0.15) is 4.80 Å². The normalized spacial score (nSPS) is 24.8. The summed E-state index contributed by atoms with van der Waals surface area (Å²) in [4.78, 5) is 6.87. The molecule has 128 valence electrons. The predicted molar refractivity (Wildman–Crippen MR) is 92.3 cm³/mol. The van der Waals surface area contributed by atoms with Crippen molar-refractivity contribution in [2.75, 3.05) is 13.1 Å². The molecule has 24 heavy (non-hydrogen) atoms. The van der Waals surface area contributed by atoms with E-state index in [0.717, 1.165) is 32.0 Å². The third kappa shape index (κ3) is 3.08. The lowest BCUT2D eigenvalue weighted by molar-refractivity contribution is 0.115. The largest absolute Gasteiger partial charge is 0.293 e. The maximum Gasteiger partial charge on any atom is 0.188 e. The van der Waals surface area contributed by atoms with Crippen LogP contribution >= 0.6 is 0 Å². The molecule has 0 N–H and O–H groups in total. The van der Waals surface area contributed by atoms with Crippen LogP contribution in [-0.2, 0) is 18.6 Å². The van der Waals surface area contributed by atoms with Crippen LogP contribution in [0.2, 0.25) is 0 Å². The Morgan fingerprint density at radius 2 is 1.67 bits per heavy atom. The lowest BCUT2D eigenvalue weighted by atomic mass is 10.1. The standard InChI is InChI=1S/C18H26N6/c1-18(2,3)24-20-17(19-21-24)13-23-12-15-9-16(23)11-22(15)10-14-7-5-4-6-8-14/h4-8,15-16H,9-13H2,1-3H3/t15-,16-/m0/s1. The van der Waals surface area contributed by atoms with E-state index in [0.29, 0.717) is 12.1 Å². The monoisotopic (exact) mass is 326 g/mol. The van der Waals surface area contributed by atoms with Crippen molar-refractivity contribution in [3.05, 3.63) is 41.7 Å². The molecule has 6 nitrogen and oxygen atoms in total. The molecule has 1 aromatic carbocycles. The second kappa shape index (κ2) is 5.93. The van der Waals surface area contributed by atoms with Gasteiger partial charge in [-0.05, 0) is 38.0 Å². The van der Waals surface area contributed by atoms with E-state index >= 15 is 0 Å². The lowest BCUT2D eigenvalue weighted by Gasteiger charge is -2.33. The topological polar surface area (TPSA) is 50.1 Å². The molecule has 0 unspecified atom stereocenters. The number of likely N-dealkylation sites (tertiary alicyclic amines) is 2. The molecule has 2 aromatic rings. The molecule has 2 bridgehead atoms. The molecule has 0 aliphatic carbocycles. The van der Waals surface area contributed by atoms with Crippen molar-refractivity contribution in [2.24, 2.45) is 0 Å². The fourth-order valence-electron chi connectivity index (χ4n) is 3.81. The summed E-state index contributed by atoms with van der Waals surface area (Å²) in [7, 11) is 0. The summed E-state index contributed by atoms with van der Waals surface area (Å²) < 4.78 is 0. The molecule has 0 spiro atoms. The number of piperazine rings is 1. The van der Waals surface area contributed by atoms with Gasteiger partial charge in [0.2, 0.25) is 0 Å². The number of hydrogen-bond acceptors (Lipinski definition) is 5. The average Bonchev–Trinajstić information content (AvgIpc) is 3.23. The first-order valence-electron chi connectivity index (χ1n) is 8.80. The molecular formula is C18H26N6. The van der Waals surface area contributed by atoms with Crippen molar-refractivity contribution in [3.63, 3.8) is 0 Å². The van der Waals surface area contributed by atoms with E-state index in [-0.39, 0.29) is 5.54 Å². The van der Waals surface area contributed by atoms with E-state index in [2.05, 4.69) is 76.3 Å². The van der Waals surface area contributed by atoms with Gasteiger partial charge in [-0.25, -0.2) is 0 Å². The highest BCUT2D eigenvalue weighted by atomic mass is 15.6. The van der Waals surface area contributed by atoms with Gasteiger partial charge in [0.15, 0.2) is 5.82 Å². The molecule has 0 radical (unpaired) electrons. The minimum Gasteiger partial charge on any atom is -0.293 e. The van der Waals surface area contributed by atoms with Crippen molar-refractivity contribution >= 4 is 0 Å². The first-order chi connectivity index (χ1) is 11.5. The maximum absolute atomic E-state index is 4.55. The molecule has 2 aliphatic rings. The van der Waals surface area contributed by atoms with Crippen LogP contribution in [0.3, 0.4) is 0 Å². The fraction of sp³-hybridized carbons (Fsp3) is 0.611.